The van der Waals surface area contributed by atoms with Crippen LogP contribution in [0.1, 0.15) is 41.4 Å². The summed E-state index contributed by atoms with van der Waals surface area (Å²) in [6, 6.07) is 11.4. The molecule has 32 heavy (non-hydrogen) atoms. The molecule has 1 atom stereocenters. The zero-order chi connectivity index (χ0) is 22.7. The van der Waals surface area contributed by atoms with Crippen LogP contribution in [0.15, 0.2) is 54.7 Å². The van der Waals surface area contributed by atoms with Crippen LogP contribution < -0.4 is 0 Å². The molecule has 2 aromatic carbocycles. The third-order valence-electron chi connectivity index (χ3n) is 5.75. The van der Waals surface area contributed by atoms with Gasteiger partial charge < -0.3 is 4.90 Å². The molecule has 0 radical (unpaired) electrons. The number of nitrogens with zero attached hydrogens (tertiary/aromatic N) is 3. The number of aryl methyl sites for hydroxylation is 2. The smallest absolute Gasteiger partial charge is 0.246 e. The van der Waals surface area contributed by atoms with E-state index in [-0.39, 0.29) is 17.4 Å². The number of likely N-dealkylation sites (tertiary alicyclic amines) is 1. The first kappa shape index (κ1) is 21.8. The van der Waals surface area contributed by atoms with E-state index in [0.29, 0.717) is 18.9 Å². The van der Waals surface area contributed by atoms with Gasteiger partial charge in [0.15, 0.2) is 0 Å². The average molecular weight is 434 g/mol. The summed E-state index contributed by atoms with van der Waals surface area (Å²) in [5.41, 5.74) is 4.20. The molecular formula is C26H25F2N3O. The molecule has 1 aliphatic heterocycles. The third-order valence-corrected chi connectivity index (χ3v) is 5.75. The number of halogens is 2. The molecule has 4 nitrogen and oxygen atoms in total. The number of piperidine rings is 1. The SMILES string of the molecule is Cc1cccc(-c2cnc(C)nc2[C@@H]2CCCN(C(=O)/C=C/c3cc(F)ccc3F)C2)c1. The maximum atomic E-state index is 13.9. The van der Waals surface area contributed by atoms with E-state index in [2.05, 4.69) is 11.1 Å². The second-order valence-corrected chi connectivity index (χ2v) is 8.21. The van der Waals surface area contributed by atoms with Gasteiger partial charge in [-0.2, -0.15) is 0 Å². The molecule has 1 amide bonds. The highest BCUT2D eigenvalue weighted by atomic mass is 19.1. The largest absolute Gasteiger partial charge is 0.338 e. The van der Waals surface area contributed by atoms with Crippen LogP contribution in [0.2, 0.25) is 0 Å². The molecule has 0 unspecified atom stereocenters. The summed E-state index contributed by atoms with van der Waals surface area (Å²) in [6.45, 7) is 5.05. The van der Waals surface area contributed by atoms with Gasteiger partial charge in [0.05, 0.1) is 5.69 Å². The first-order valence-corrected chi connectivity index (χ1v) is 10.7. The molecule has 1 aliphatic rings. The highest BCUT2D eigenvalue weighted by molar-refractivity contribution is 5.92. The van der Waals surface area contributed by atoms with Crippen molar-refractivity contribution in [1.29, 1.82) is 0 Å². The number of benzene rings is 2. The minimum Gasteiger partial charge on any atom is -0.338 e. The van der Waals surface area contributed by atoms with Crippen molar-refractivity contribution in [3.8, 4) is 11.1 Å². The Morgan fingerprint density at radius 2 is 2.00 bits per heavy atom. The van der Waals surface area contributed by atoms with Gasteiger partial charge in [0.25, 0.3) is 0 Å². The molecule has 1 fully saturated rings. The van der Waals surface area contributed by atoms with E-state index in [1.165, 1.54) is 12.2 Å². The fourth-order valence-corrected chi connectivity index (χ4v) is 4.14. The zero-order valence-electron chi connectivity index (χ0n) is 18.2. The number of carbonyl (C=O) groups excluding carboxylic acids is 1. The van der Waals surface area contributed by atoms with Gasteiger partial charge in [-0.3, -0.25) is 4.79 Å². The van der Waals surface area contributed by atoms with E-state index in [9.17, 15) is 13.6 Å². The maximum absolute atomic E-state index is 13.9. The van der Waals surface area contributed by atoms with Crippen molar-refractivity contribution in [2.75, 3.05) is 13.1 Å². The van der Waals surface area contributed by atoms with Crippen LogP contribution >= 0.6 is 0 Å². The quantitative estimate of drug-likeness (QED) is 0.514. The molecule has 0 bridgehead atoms. The lowest BCUT2D eigenvalue weighted by Crippen LogP contribution is -2.38. The zero-order valence-corrected chi connectivity index (χ0v) is 18.2. The summed E-state index contributed by atoms with van der Waals surface area (Å²) in [7, 11) is 0. The van der Waals surface area contributed by atoms with Crippen molar-refractivity contribution < 1.29 is 13.6 Å². The van der Waals surface area contributed by atoms with E-state index >= 15 is 0 Å². The molecule has 0 aliphatic carbocycles. The Morgan fingerprint density at radius 3 is 2.81 bits per heavy atom. The summed E-state index contributed by atoms with van der Waals surface area (Å²) in [6.07, 6.45) is 6.26. The lowest BCUT2D eigenvalue weighted by Gasteiger charge is -2.32. The molecular weight excluding hydrogens is 408 g/mol. The van der Waals surface area contributed by atoms with Crippen LogP contribution in [0.4, 0.5) is 8.78 Å². The Balaban J connectivity index is 1.57. The number of carbonyl (C=O) groups is 1. The molecule has 1 aromatic heterocycles. The predicted octanol–water partition coefficient (Wildman–Crippen LogP) is 5.46. The van der Waals surface area contributed by atoms with Crippen LogP contribution in [0.3, 0.4) is 0 Å². The molecule has 1 saturated heterocycles. The van der Waals surface area contributed by atoms with E-state index in [1.54, 1.807) is 4.90 Å². The van der Waals surface area contributed by atoms with Crippen molar-refractivity contribution in [2.24, 2.45) is 0 Å². The van der Waals surface area contributed by atoms with Crippen LogP contribution in [-0.4, -0.2) is 33.9 Å². The third kappa shape index (κ3) is 4.90. The minimum atomic E-state index is -0.564. The van der Waals surface area contributed by atoms with Gasteiger partial charge in [0, 0.05) is 42.4 Å². The van der Waals surface area contributed by atoms with Gasteiger partial charge in [0.2, 0.25) is 5.91 Å². The minimum absolute atomic E-state index is 0.0556. The van der Waals surface area contributed by atoms with Gasteiger partial charge >= 0.3 is 0 Å². The van der Waals surface area contributed by atoms with Crippen LogP contribution in [0.25, 0.3) is 17.2 Å². The summed E-state index contributed by atoms with van der Waals surface area (Å²) >= 11 is 0. The normalized spacial score (nSPS) is 16.5. The summed E-state index contributed by atoms with van der Waals surface area (Å²) in [5, 5.41) is 0. The topological polar surface area (TPSA) is 46.1 Å². The van der Waals surface area contributed by atoms with Crippen LogP contribution in [0, 0.1) is 25.5 Å². The number of hydrogen-bond acceptors (Lipinski definition) is 3. The van der Waals surface area contributed by atoms with Crippen molar-refractivity contribution >= 4 is 12.0 Å². The standard InChI is InChI=1S/C26H25F2N3O/c1-17-5-3-6-19(13-17)23-15-29-18(2)30-26(23)21-7-4-12-31(16-21)25(32)11-8-20-14-22(27)9-10-24(20)28/h3,5-6,8-11,13-15,21H,4,7,12,16H2,1-2H3/b11-8+/t21-/m1/s1. The molecule has 3 aromatic rings. The number of amides is 1. The van der Waals surface area contributed by atoms with E-state index < -0.39 is 11.6 Å². The number of aromatic nitrogens is 2. The first-order chi connectivity index (χ1) is 15.4. The van der Waals surface area contributed by atoms with Crippen LogP contribution in [0.5, 0.6) is 0 Å². The van der Waals surface area contributed by atoms with Gasteiger partial charge in [0.1, 0.15) is 17.5 Å². The Bertz CT molecular complexity index is 1180. The molecule has 6 heteroatoms. The maximum Gasteiger partial charge on any atom is 0.246 e. The van der Waals surface area contributed by atoms with Gasteiger partial charge in [-0.05, 0) is 56.5 Å². The average Bonchev–Trinajstić information content (AvgIpc) is 2.79. The fraction of sp³-hybridized carbons (Fsp3) is 0.269. The molecule has 0 spiro atoms. The van der Waals surface area contributed by atoms with E-state index in [1.807, 2.05) is 38.2 Å². The van der Waals surface area contributed by atoms with Crippen molar-refractivity contribution in [1.82, 2.24) is 14.9 Å². The van der Waals surface area contributed by atoms with Crippen molar-refractivity contribution in [2.45, 2.75) is 32.6 Å². The highest BCUT2D eigenvalue weighted by Crippen LogP contribution is 2.33. The first-order valence-electron chi connectivity index (χ1n) is 10.7. The van der Waals surface area contributed by atoms with Gasteiger partial charge in [-0.1, -0.05) is 29.8 Å². The molecule has 164 valence electrons. The Hall–Kier alpha value is -3.41. The molecule has 0 N–H and O–H groups in total. The summed E-state index contributed by atoms with van der Waals surface area (Å²) in [5.74, 6) is -0.558. The van der Waals surface area contributed by atoms with Crippen molar-refractivity contribution in [3.05, 3.63) is 89.0 Å². The summed E-state index contributed by atoms with van der Waals surface area (Å²) < 4.78 is 27.3. The molecule has 2 heterocycles. The summed E-state index contributed by atoms with van der Waals surface area (Å²) in [4.78, 5) is 23.7. The van der Waals surface area contributed by atoms with Crippen molar-refractivity contribution in [3.63, 3.8) is 0 Å². The Kier molecular flexibility index (Phi) is 6.40. The fourth-order valence-electron chi connectivity index (χ4n) is 4.14. The monoisotopic (exact) mass is 433 g/mol. The van der Waals surface area contributed by atoms with E-state index in [4.69, 9.17) is 4.98 Å². The predicted molar refractivity (Wildman–Crippen MR) is 121 cm³/mol. The van der Waals surface area contributed by atoms with Gasteiger partial charge in [-0.15, -0.1) is 0 Å². The number of hydrogen-bond donors (Lipinski definition) is 0. The second-order valence-electron chi connectivity index (χ2n) is 8.21. The molecule has 0 saturated carbocycles. The lowest BCUT2D eigenvalue weighted by molar-refractivity contribution is -0.127. The number of rotatable bonds is 4. The van der Waals surface area contributed by atoms with E-state index in [0.717, 1.165) is 53.4 Å². The lowest BCUT2D eigenvalue weighted by atomic mass is 9.89. The Labute approximate surface area is 186 Å². The van der Waals surface area contributed by atoms with Gasteiger partial charge in [-0.25, -0.2) is 18.7 Å². The second kappa shape index (κ2) is 9.39. The van der Waals surface area contributed by atoms with Crippen LogP contribution in [-0.2, 0) is 4.79 Å². The highest BCUT2D eigenvalue weighted by Gasteiger charge is 2.27. The Morgan fingerprint density at radius 1 is 1.16 bits per heavy atom. The molecule has 4 rings (SSSR count).